The lowest BCUT2D eigenvalue weighted by Gasteiger charge is -2.20. The van der Waals surface area contributed by atoms with Gasteiger partial charge in [-0.25, -0.2) is 0 Å². The number of hydrogen-bond donors (Lipinski definition) is 2. The van der Waals surface area contributed by atoms with Crippen LogP contribution in [0.25, 0.3) is 0 Å². The molecule has 0 aliphatic rings. The van der Waals surface area contributed by atoms with E-state index in [0.29, 0.717) is 44.6 Å². The zero-order valence-electron chi connectivity index (χ0n) is 18.5. The topological polar surface area (TPSA) is 88.9 Å². The lowest BCUT2D eigenvalue weighted by atomic mass is 10.0. The van der Waals surface area contributed by atoms with Gasteiger partial charge in [0.15, 0.2) is 11.0 Å². The minimum atomic E-state index is -0.363. The van der Waals surface area contributed by atoms with Crippen molar-refractivity contribution in [2.45, 2.75) is 31.5 Å². The molecule has 2 aromatic carbocycles. The van der Waals surface area contributed by atoms with Gasteiger partial charge >= 0.3 is 0 Å². The van der Waals surface area contributed by atoms with Crippen LogP contribution in [0, 0.1) is 5.92 Å². The summed E-state index contributed by atoms with van der Waals surface area (Å²) < 4.78 is 1.80. The Hall–Kier alpha value is -2.55. The molecule has 174 valence electrons. The highest BCUT2D eigenvalue weighted by atomic mass is 35.5. The molecule has 0 fully saturated rings. The zero-order chi connectivity index (χ0) is 24.0. The number of hydrogen-bond acceptors (Lipinski definition) is 5. The predicted molar refractivity (Wildman–Crippen MR) is 133 cm³/mol. The van der Waals surface area contributed by atoms with Crippen LogP contribution in [0.2, 0.25) is 10.0 Å². The third-order valence-electron chi connectivity index (χ3n) is 4.79. The Bertz CT molecular complexity index is 1140. The van der Waals surface area contributed by atoms with Gasteiger partial charge in [-0.1, -0.05) is 73.1 Å². The SMILES string of the molecule is CC(C)C[C@H](NC(=O)c1ccccc1Cl)c1nnc(SCC(=O)Nc2ccccc2Cl)n1C. The minimum Gasteiger partial charge on any atom is -0.342 e. The molecule has 2 N–H and O–H groups in total. The van der Waals surface area contributed by atoms with Crippen LogP contribution in [0.4, 0.5) is 5.69 Å². The number of nitrogens with one attached hydrogen (secondary N) is 2. The van der Waals surface area contributed by atoms with Crippen LogP contribution in [0.3, 0.4) is 0 Å². The molecular formula is C23H25Cl2N5O2S. The molecule has 1 heterocycles. The summed E-state index contributed by atoms with van der Waals surface area (Å²) in [4.78, 5) is 25.2. The Kier molecular flexibility index (Phi) is 8.77. The lowest BCUT2D eigenvalue weighted by molar-refractivity contribution is -0.113. The Labute approximate surface area is 207 Å². The van der Waals surface area contributed by atoms with Gasteiger partial charge in [-0.2, -0.15) is 0 Å². The summed E-state index contributed by atoms with van der Waals surface area (Å²) in [5, 5.41) is 15.8. The molecule has 0 aliphatic carbocycles. The number of aromatic nitrogens is 3. The Morgan fingerprint density at radius 1 is 1.03 bits per heavy atom. The molecule has 10 heteroatoms. The standard InChI is InChI=1S/C23H25Cl2N5O2S/c1-14(2)12-19(27-22(32)15-8-4-5-9-16(15)24)21-28-29-23(30(21)3)33-13-20(31)26-18-11-7-6-10-17(18)25/h4-11,14,19H,12-13H2,1-3H3,(H,26,31)(H,27,32)/t19-/m0/s1. The first-order valence-corrected chi connectivity index (χ1v) is 12.1. The third kappa shape index (κ3) is 6.72. The molecule has 0 spiro atoms. The number of benzene rings is 2. The molecule has 1 atom stereocenters. The number of rotatable bonds is 9. The van der Waals surface area contributed by atoms with Crippen LogP contribution in [-0.2, 0) is 11.8 Å². The van der Waals surface area contributed by atoms with Gasteiger partial charge in [-0.15, -0.1) is 10.2 Å². The van der Waals surface area contributed by atoms with E-state index in [1.165, 1.54) is 11.8 Å². The number of para-hydroxylation sites is 1. The van der Waals surface area contributed by atoms with Gasteiger partial charge in [0.05, 0.1) is 33.1 Å². The number of amides is 2. The molecule has 0 aliphatic heterocycles. The molecule has 3 rings (SSSR count). The van der Waals surface area contributed by atoms with Gasteiger partial charge in [-0.05, 0) is 36.6 Å². The van der Waals surface area contributed by atoms with Crippen LogP contribution >= 0.6 is 35.0 Å². The Morgan fingerprint density at radius 2 is 1.70 bits per heavy atom. The molecule has 0 unspecified atom stereocenters. The second kappa shape index (κ2) is 11.5. The van der Waals surface area contributed by atoms with E-state index in [0.717, 1.165) is 0 Å². The smallest absolute Gasteiger partial charge is 0.253 e. The van der Waals surface area contributed by atoms with Crippen LogP contribution in [0.5, 0.6) is 0 Å². The number of anilines is 1. The first-order valence-electron chi connectivity index (χ1n) is 10.4. The maximum atomic E-state index is 12.8. The minimum absolute atomic E-state index is 0.137. The summed E-state index contributed by atoms with van der Waals surface area (Å²) in [6.07, 6.45) is 0.666. The van der Waals surface area contributed by atoms with Gasteiger partial charge in [-0.3, -0.25) is 9.59 Å². The van der Waals surface area contributed by atoms with Crippen LogP contribution in [0.1, 0.15) is 42.5 Å². The lowest BCUT2D eigenvalue weighted by Crippen LogP contribution is -2.31. The van der Waals surface area contributed by atoms with E-state index in [-0.39, 0.29) is 23.6 Å². The van der Waals surface area contributed by atoms with Crippen molar-refractivity contribution in [1.29, 1.82) is 0 Å². The summed E-state index contributed by atoms with van der Waals surface area (Å²) in [6, 6.07) is 13.6. The van der Waals surface area contributed by atoms with Crippen molar-refractivity contribution in [3.05, 3.63) is 70.0 Å². The maximum Gasteiger partial charge on any atom is 0.253 e. The molecule has 0 radical (unpaired) electrons. The summed E-state index contributed by atoms with van der Waals surface area (Å²) in [7, 11) is 1.82. The van der Waals surface area contributed by atoms with Crippen molar-refractivity contribution in [3.63, 3.8) is 0 Å². The fraction of sp³-hybridized carbons (Fsp3) is 0.304. The summed E-state index contributed by atoms with van der Waals surface area (Å²) in [5.74, 6) is 0.567. The zero-order valence-corrected chi connectivity index (χ0v) is 20.8. The first-order chi connectivity index (χ1) is 15.8. The van der Waals surface area contributed by atoms with Crippen molar-refractivity contribution < 1.29 is 9.59 Å². The average Bonchev–Trinajstić information content (AvgIpc) is 3.13. The highest BCUT2D eigenvalue weighted by Crippen LogP contribution is 2.26. The van der Waals surface area contributed by atoms with Crippen molar-refractivity contribution in [1.82, 2.24) is 20.1 Å². The van der Waals surface area contributed by atoms with E-state index in [9.17, 15) is 9.59 Å². The quantitative estimate of drug-likeness (QED) is 0.381. The summed E-state index contributed by atoms with van der Waals surface area (Å²) in [6.45, 7) is 4.14. The predicted octanol–water partition coefficient (Wildman–Crippen LogP) is 5.37. The van der Waals surface area contributed by atoms with E-state index >= 15 is 0 Å². The normalized spacial score (nSPS) is 11.9. The van der Waals surface area contributed by atoms with Crippen molar-refractivity contribution in [2.75, 3.05) is 11.1 Å². The molecule has 33 heavy (non-hydrogen) atoms. The third-order valence-corrected chi connectivity index (χ3v) is 6.47. The van der Waals surface area contributed by atoms with Crippen LogP contribution in [0.15, 0.2) is 53.7 Å². The van der Waals surface area contributed by atoms with Gasteiger partial charge in [0.1, 0.15) is 0 Å². The van der Waals surface area contributed by atoms with Gasteiger partial charge in [0, 0.05) is 7.05 Å². The van der Waals surface area contributed by atoms with Gasteiger partial charge < -0.3 is 15.2 Å². The fourth-order valence-corrected chi connectivity index (χ4v) is 4.34. The maximum absolute atomic E-state index is 12.8. The molecule has 0 bridgehead atoms. The van der Waals surface area contributed by atoms with Crippen LogP contribution in [-0.4, -0.2) is 32.3 Å². The number of nitrogens with zero attached hydrogens (tertiary/aromatic N) is 3. The van der Waals surface area contributed by atoms with E-state index in [4.69, 9.17) is 23.2 Å². The van der Waals surface area contributed by atoms with Crippen LogP contribution < -0.4 is 10.6 Å². The summed E-state index contributed by atoms with van der Waals surface area (Å²) >= 11 is 13.5. The number of thioether (sulfide) groups is 1. The number of carbonyl (C=O) groups is 2. The van der Waals surface area contributed by atoms with Gasteiger partial charge in [0.2, 0.25) is 5.91 Å². The molecule has 1 aromatic heterocycles. The number of halogens is 2. The van der Waals surface area contributed by atoms with E-state index < -0.39 is 0 Å². The van der Waals surface area contributed by atoms with E-state index in [1.54, 1.807) is 53.1 Å². The van der Waals surface area contributed by atoms with Crippen molar-refractivity contribution >= 4 is 52.5 Å². The molecular weight excluding hydrogens is 481 g/mol. The average molecular weight is 506 g/mol. The van der Waals surface area contributed by atoms with E-state index in [1.807, 2.05) is 7.05 Å². The number of carbonyl (C=O) groups excluding carboxylic acids is 2. The largest absolute Gasteiger partial charge is 0.342 e. The highest BCUT2D eigenvalue weighted by molar-refractivity contribution is 7.99. The van der Waals surface area contributed by atoms with Crippen molar-refractivity contribution in [2.24, 2.45) is 13.0 Å². The fourth-order valence-electron chi connectivity index (χ4n) is 3.22. The highest BCUT2D eigenvalue weighted by Gasteiger charge is 2.24. The Balaban J connectivity index is 1.70. The Morgan fingerprint density at radius 3 is 2.36 bits per heavy atom. The monoisotopic (exact) mass is 505 g/mol. The molecule has 7 nitrogen and oxygen atoms in total. The molecule has 2 amide bonds. The molecule has 0 saturated heterocycles. The second-order valence-electron chi connectivity index (χ2n) is 7.85. The molecule has 3 aromatic rings. The first kappa shape index (κ1) is 25.1. The van der Waals surface area contributed by atoms with Gasteiger partial charge in [0.25, 0.3) is 5.91 Å². The second-order valence-corrected chi connectivity index (χ2v) is 9.61. The van der Waals surface area contributed by atoms with Crippen molar-refractivity contribution in [3.8, 4) is 0 Å². The molecule has 0 saturated carbocycles. The summed E-state index contributed by atoms with van der Waals surface area (Å²) in [5.41, 5.74) is 0.962. The van der Waals surface area contributed by atoms with E-state index in [2.05, 4.69) is 34.7 Å².